The van der Waals surface area contributed by atoms with Gasteiger partial charge in [-0.25, -0.2) is 12.8 Å². The summed E-state index contributed by atoms with van der Waals surface area (Å²) in [5.74, 6) is 1.88. The van der Waals surface area contributed by atoms with Crippen LogP contribution in [0, 0.1) is 5.82 Å². The van der Waals surface area contributed by atoms with E-state index in [4.69, 9.17) is 0 Å². The van der Waals surface area contributed by atoms with E-state index in [0.29, 0.717) is 13.1 Å². The number of halogens is 1. The molecular weight excluding hydrogens is 335 g/mol. The van der Waals surface area contributed by atoms with Crippen molar-refractivity contribution >= 4 is 21.8 Å². The Balaban J connectivity index is 1.92. The molecule has 0 bridgehead atoms. The van der Waals surface area contributed by atoms with Crippen LogP contribution in [0.1, 0.15) is 19.8 Å². The number of benzene rings is 1. The molecule has 7 heteroatoms. The summed E-state index contributed by atoms with van der Waals surface area (Å²) in [6.45, 7) is 5.91. The molecule has 0 aliphatic carbocycles. The van der Waals surface area contributed by atoms with Crippen molar-refractivity contribution in [3.63, 3.8) is 0 Å². The summed E-state index contributed by atoms with van der Waals surface area (Å²) in [7, 11) is -3.52. The van der Waals surface area contributed by atoms with Crippen LogP contribution >= 0.6 is 11.8 Å². The van der Waals surface area contributed by atoms with E-state index in [1.807, 2.05) is 11.8 Å². The van der Waals surface area contributed by atoms with E-state index in [9.17, 15) is 12.8 Å². The van der Waals surface area contributed by atoms with Gasteiger partial charge >= 0.3 is 0 Å². The zero-order valence-corrected chi connectivity index (χ0v) is 15.2. The fourth-order valence-corrected chi connectivity index (χ4v) is 4.79. The average molecular weight is 361 g/mol. The molecule has 2 rings (SSSR count). The number of thioether (sulfide) groups is 1. The molecule has 0 spiro atoms. The Morgan fingerprint density at radius 1 is 1.13 bits per heavy atom. The van der Waals surface area contributed by atoms with Gasteiger partial charge < -0.3 is 4.90 Å². The van der Waals surface area contributed by atoms with Crippen LogP contribution in [0.15, 0.2) is 29.2 Å². The molecule has 1 fully saturated rings. The minimum atomic E-state index is -3.52. The van der Waals surface area contributed by atoms with Gasteiger partial charge in [0.05, 0.1) is 4.90 Å². The minimum Gasteiger partial charge on any atom is -0.302 e. The third kappa shape index (κ3) is 5.45. The number of hydrogen-bond donors (Lipinski definition) is 0. The zero-order chi connectivity index (χ0) is 16.7. The van der Waals surface area contributed by atoms with Gasteiger partial charge in [-0.3, -0.25) is 0 Å². The fourth-order valence-electron chi connectivity index (χ4n) is 2.70. The standard InChI is InChI=1S/C16H25FN2O2S2/c1-2-22-14-4-10-18-9-3-11-19(13-12-18)23(20,21)16-7-5-15(17)6-8-16/h5-8H,2-4,9-14H2,1H3. The van der Waals surface area contributed by atoms with Gasteiger partial charge in [0.2, 0.25) is 10.0 Å². The predicted octanol–water partition coefficient (Wildman–Crippen LogP) is 2.67. The highest BCUT2D eigenvalue weighted by atomic mass is 32.2. The second-order valence-corrected chi connectivity index (χ2v) is 8.94. The lowest BCUT2D eigenvalue weighted by atomic mass is 10.3. The Morgan fingerprint density at radius 3 is 2.57 bits per heavy atom. The van der Waals surface area contributed by atoms with Crippen LogP contribution in [0.2, 0.25) is 0 Å². The molecule has 1 aromatic carbocycles. The summed E-state index contributed by atoms with van der Waals surface area (Å²) < 4.78 is 39.8. The second-order valence-electron chi connectivity index (χ2n) is 5.60. The number of hydrogen-bond acceptors (Lipinski definition) is 4. The van der Waals surface area contributed by atoms with Crippen molar-refractivity contribution in [3.8, 4) is 0 Å². The molecule has 0 aromatic heterocycles. The predicted molar refractivity (Wildman–Crippen MR) is 93.8 cm³/mol. The lowest BCUT2D eigenvalue weighted by Gasteiger charge is -2.21. The SMILES string of the molecule is CCSCCCN1CCCN(S(=O)(=O)c2ccc(F)cc2)CC1. The van der Waals surface area contributed by atoms with E-state index in [0.717, 1.165) is 44.0 Å². The highest BCUT2D eigenvalue weighted by Gasteiger charge is 2.26. The van der Waals surface area contributed by atoms with Crippen molar-refractivity contribution in [2.45, 2.75) is 24.7 Å². The van der Waals surface area contributed by atoms with Crippen LogP contribution in [-0.4, -0.2) is 61.9 Å². The molecule has 1 aromatic rings. The Labute approximate surface area is 143 Å². The monoisotopic (exact) mass is 360 g/mol. The zero-order valence-electron chi connectivity index (χ0n) is 13.6. The van der Waals surface area contributed by atoms with Gasteiger partial charge in [-0.2, -0.15) is 16.1 Å². The molecule has 0 amide bonds. The quantitative estimate of drug-likeness (QED) is 0.701. The van der Waals surface area contributed by atoms with Crippen LogP contribution < -0.4 is 0 Å². The molecule has 130 valence electrons. The first-order chi connectivity index (χ1) is 11.0. The van der Waals surface area contributed by atoms with Crippen LogP contribution in [0.25, 0.3) is 0 Å². The number of nitrogens with zero attached hydrogens (tertiary/aromatic N) is 2. The van der Waals surface area contributed by atoms with E-state index in [1.54, 1.807) is 0 Å². The van der Waals surface area contributed by atoms with E-state index in [1.165, 1.54) is 28.6 Å². The maximum absolute atomic E-state index is 13.0. The van der Waals surface area contributed by atoms with Gasteiger partial charge in [0.25, 0.3) is 0 Å². The Hall–Kier alpha value is -0.630. The molecule has 0 atom stereocenters. The highest BCUT2D eigenvalue weighted by Crippen LogP contribution is 2.18. The van der Waals surface area contributed by atoms with Gasteiger partial charge in [0.1, 0.15) is 5.82 Å². The molecule has 0 radical (unpaired) electrons. The summed E-state index contributed by atoms with van der Waals surface area (Å²) in [4.78, 5) is 2.52. The molecular formula is C16H25FN2O2S2. The van der Waals surface area contributed by atoms with Crippen molar-refractivity contribution in [3.05, 3.63) is 30.1 Å². The van der Waals surface area contributed by atoms with E-state index >= 15 is 0 Å². The van der Waals surface area contributed by atoms with Crippen molar-refractivity contribution in [1.29, 1.82) is 0 Å². The maximum Gasteiger partial charge on any atom is 0.243 e. The minimum absolute atomic E-state index is 0.173. The van der Waals surface area contributed by atoms with Crippen molar-refractivity contribution in [1.82, 2.24) is 9.21 Å². The third-order valence-electron chi connectivity index (χ3n) is 3.97. The van der Waals surface area contributed by atoms with E-state index in [-0.39, 0.29) is 4.90 Å². The number of sulfonamides is 1. The molecule has 1 heterocycles. The topological polar surface area (TPSA) is 40.6 Å². The molecule has 1 aliphatic rings. The normalized spacial score (nSPS) is 18.0. The van der Waals surface area contributed by atoms with Crippen LogP contribution in [0.3, 0.4) is 0 Å². The van der Waals surface area contributed by atoms with Gasteiger partial charge in [-0.1, -0.05) is 6.92 Å². The summed E-state index contributed by atoms with van der Waals surface area (Å²) in [6.07, 6.45) is 1.98. The van der Waals surface area contributed by atoms with Crippen LogP contribution in [0.5, 0.6) is 0 Å². The lowest BCUT2D eigenvalue weighted by Crippen LogP contribution is -2.35. The summed E-state index contributed by atoms with van der Waals surface area (Å²) in [6, 6.07) is 5.08. The van der Waals surface area contributed by atoms with Crippen molar-refractivity contribution in [2.24, 2.45) is 0 Å². The van der Waals surface area contributed by atoms with Gasteiger partial charge in [0.15, 0.2) is 0 Å². The van der Waals surface area contributed by atoms with Gasteiger partial charge in [-0.05, 0) is 61.7 Å². The Bertz CT molecular complexity index is 578. The largest absolute Gasteiger partial charge is 0.302 e. The summed E-state index contributed by atoms with van der Waals surface area (Å²) >= 11 is 1.94. The smallest absolute Gasteiger partial charge is 0.243 e. The molecule has 1 saturated heterocycles. The first kappa shape index (κ1) is 18.7. The van der Waals surface area contributed by atoms with Crippen LogP contribution in [0.4, 0.5) is 4.39 Å². The fraction of sp³-hybridized carbons (Fsp3) is 0.625. The molecule has 0 N–H and O–H groups in total. The van der Waals surface area contributed by atoms with Crippen molar-refractivity contribution < 1.29 is 12.8 Å². The average Bonchev–Trinajstić information content (AvgIpc) is 2.78. The third-order valence-corrected chi connectivity index (χ3v) is 6.86. The van der Waals surface area contributed by atoms with Crippen molar-refractivity contribution in [2.75, 3.05) is 44.2 Å². The first-order valence-corrected chi connectivity index (χ1v) is 10.7. The van der Waals surface area contributed by atoms with E-state index < -0.39 is 15.8 Å². The molecule has 0 unspecified atom stereocenters. The molecule has 0 saturated carbocycles. The molecule has 23 heavy (non-hydrogen) atoms. The second kappa shape index (κ2) is 9.01. The Kier molecular flexibility index (Phi) is 7.33. The first-order valence-electron chi connectivity index (χ1n) is 8.10. The van der Waals surface area contributed by atoms with E-state index in [2.05, 4.69) is 11.8 Å². The number of rotatable bonds is 7. The summed E-state index contributed by atoms with van der Waals surface area (Å²) in [5, 5.41) is 0. The lowest BCUT2D eigenvalue weighted by molar-refractivity contribution is 0.288. The Morgan fingerprint density at radius 2 is 1.87 bits per heavy atom. The summed E-state index contributed by atoms with van der Waals surface area (Å²) in [5.41, 5.74) is 0. The molecule has 1 aliphatic heterocycles. The maximum atomic E-state index is 13.0. The molecule has 4 nitrogen and oxygen atoms in total. The van der Waals surface area contributed by atoms with Gasteiger partial charge in [-0.15, -0.1) is 0 Å². The highest BCUT2D eigenvalue weighted by molar-refractivity contribution is 7.99. The van der Waals surface area contributed by atoms with Crippen LogP contribution in [-0.2, 0) is 10.0 Å². The van der Waals surface area contributed by atoms with Gasteiger partial charge in [0, 0.05) is 19.6 Å².